The molecule has 1 aromatic rings. The van der Waals surface area contributed by atoms with Gasteiger partial charge in [-0.1, -0.05) is 0 Å². The van der Waals surface area contributed by atoms with Gasteiger partial charge in [0.05, 0.1) is 6.07 Å². The van der Waals surface area contributed by atoms with Crippen LogP contribution in [0, 0.1) is 6.92 Å². The Balaban J connectivity index is 2.03. The maximum absolute atomic E-state index is 6.07. The van der Waals surface area contributed by atoms with Crippen LogP contribution in [-0.4, -0.2) is 18.1 Å². The van der Waals surface area contributed by atoms with Crippen LogP contribution >= 0.6 is 0 Å². The molecule has 0 atom stereocenters. The maximum Gasteiger partial charge on any atom is 0.205 e. The summed E-state index contributed by atoms with van der Waals surface area (Å²) in [7, 11) is 0. The van der Waals surface area contributed by atoms with E-state index in [4.69, 9.17) is 9.40 Å². The summed E-state index contributed by atoms with van der Waals surface area (Å²) in [4.78, 5) is 8.13. The van der Waals surface area contributed by atoms with Crippen LogP contribution in [0.1, 0.15) is 18.1 Å². The van der Waals surface area contributed by atoms with Gasteiger partial charge in [0.15, 0.2) is 11.3 Å². The van der Waals surface area contributed by atoms with Crippen LogP contribution < -0.4 is 15.7 Å². The first kappa shape index (κ1) is 12.4. The fourth-order valence-electron chi connectivity index (χ4n) is 2.96. The molecule has 106 valence electrons. The van der Waals surface area contributed by atoms with Crippen molar-refractivity contribution in [2.45, 2.75) is 20.3 Å². The van der Waals surface area contributed by atoms with E-state index in [0.29, 0.717) is 0 Å². The number of aryl methyl sites for hydroxylation is 1. The number of fused-ring (bicyclic) bond motifs is 3. The van der Waals surface area contributed by atoms with E-state index in [2.05, 4.69) is 42.4 Å². The van der Waals surface area contributed by atoms with Crippen molar-refractivity contribution < 1.29 is 9.41 Å². The van der Waals surface area contributed by atoms with E-state index in [1.54, 1.807) is 0 Å². The Labute approximate surface area is 122 Å². The molecule has 2 heterocycles. The molecule has 0 amide bonds. The van der Waals surface area contributed by atoms with Crippen molar-refractivity contribution in [2.75, 3.05) is 18.4 Å². The fraction of sp³-hybridized carbons (Fsp3) is 0.294. The standard InChI is InChI=1S/C17H17N3O/c1-3-18-12-8-16-14(6-10(12)2)20-15-7-11-4-5-19-13(11)9-17(15)21-16/h6-9,19H,3-5H2,1-2H3/p+1. The molecule has 0 saturated heterocycles. The molecule has 3 aliphatic rings. The number of nitrogens with one attached hydrogen (secondary N) is 2. The zero-order valence-electron chi connectivity index (χ0n) is 12.3. The van der Waals surface area contributed by atoms with Gasteiger partial charge in [-0.2, -0.15) is 0 Å². The Morgan fingerprint density at radius 3 is 3.05 bits per heavy atom. The van der Waals surface area contributed by atoms with Crippen molar-refractivity contribution in [2.24, 2.45) is 0 Å². The average molecular weight is 280 g/mol. The second-order valence-corrected chi connectivity index (χ2v) is 5.53. The molecule has 4 nitrogen and oxygen atoms in total. The number of nitrogens with zero attached hydrogens (tertiary/aromatic N) is 1. The highest BCUT2D eigenvalue weighted by molar-refractivity contribution is 5.82. The number of hydrogen-bond donors (Lipinski definition) is 2. The summed E-state index contributed by atoms with van der Waals surface area (Å²) >= 11 is 0. The van der Waals surface area contributed by atoms with Crippen LogP contribution in [0.3, 0.4) is 0 Å². The van der Waals surface area contributed by atoms with Gasteiger partial charge in [-0.25, -0.2) is 9.98 Å². The van der Waals surface area contributed by atoms with E-state index in [-0.39, 0.29) is 0 Å². The van der Waals surface area contributed by atoms with Gasteiger partial charge in [0.25, 0.3) is 0 Å². The minimum Gasteiger partial charge on any atom is -0.452 e. The molecule has 1 aliphatic carbocycles. The molecule has 2 N–H and O–H groups in total. The van der Waals surface area contributed by atoms with Gasteiger partial charge < -0.3 is 9.73 Å². The molecule has 0 radical (unpaired) electrons. The van der Waals surface area contributed by atoms with Crippen molar-refractivity contribution in [3.05, 3.63) is 40.7 Å². The predicted molar refractivity (Wildman–Crippen MR) is 82.2 cm³/mol. The Morgan fingerprint density at radius 1 is 1.29 bits per heavy atom. The Hall–Kier alpha value is -2.36. The first-order valence-corrected chi connectivity index (χ1v) is 7.43. The minimum absolute atomic E-state index is 0.821. The fourth-order valence-corrected chi connectivity index (χ4v) is 2.96. The second kappa shape index (κ2) is 4.58. The van der Waals surface area contributed by atoms with Crippen LogP contribution in [0.4, 0.5) is 5.69 Å². The van der Waals surface area contributed by atoms with Crippen LogP contribution in [0.5, 0.6) is 0 Å². The van der Waals surface area contributed by atoms with Gasteiger partial charge in [-0.15, -0.1) is 0 Å². The lowest BCUT2D eigenvalue weighted by Gasteiger charge is -2.08. The first-order chi connectivity index (χ1) is 10.2. The van der Waals surface area contributed by atoms with Crippen LogP contribution in [0.2, 0.25) is 0 Å². The molecular weight excluding hydrogens is 262 g/mol. The summed E-state index contributed by atoms with van der Waals surface area (Å²) in [5.74, 6) is 0.821. The van der Waals surface area contributed by atoms with Gasteiger partial charge >= 0.3 is 0 Å². The summed E-state index contributed by atoms with van der Waals surface area (Å²) in [6.07, 6.45) is 1.06. The average Bonchev–Trinajstić information content (AvgIpc) is 2.91. The third-order valence-electron chi connectivity index (χ3n) is 4.03. The number of benzene rings is 2. The van der Waals surface area contributed by atoms with E-state index in [9.17, 15) is 0 Å². The third-order valence-corrected chi connectivity index (χ3v) is 4.03. The quantitative estimate of drug-likeness (QED) is 0.659. The Morgan fingerprint density at radius 2 is 2.19 bits per heavy atom. The lowest BCUT2D eigenvalue weighted by Crippen LogP contribution is -2.76. The van der Waals surface area contributed by atoms with Crippen LogP contribution in [0.25, 0.3) is 22.6 Å². The molecule has 0 unspecified atom stereocenters. The zero-order valence-corrected chi connectivity index (χ0v) is 12.3. The third kappa shape index (κ3) is 1.98. The van der Waals surface area contributed by atoms with Crippen LogP contribution in [-0.2, 0) is 6.42 Å². The van der Waals surface area contributed by atoms with E-state index < -0.39 is 0 Å². The highest BCUT2D eigenvalue weighted by Crippen LogP contribution is 2.30. The van der Waals surface area contributed by atoms with Crippen molar-refractivity contribution in [1.82, 2.24) is 4.98 Å². The van der Waals surface area contributed by atoms with Gasteiger partial charge in [0.1, 0.15) is 17.8 Å². The molecule has 0 fully saturated rings. The summed E-state index contributed by atoms with van der Waals surface area (Å²) in [5.41, 5.74) is 6.36. The number of hydrogen-bond acceptors (Lipinski definition) is 3. The topological polar surface area (TPSA) is 52.0 Å². The molecule has 0 saturated carbocycles. The largest absolute Gasteiger partial charge is 0.452 e. The minimum atomic E-state index is 0.821. The van der Waals surface area contributed by atoms with Crippen molar-refractivity contribution in [3.8, 4) is 11.5 Å². The van der Waals surface area contributed by atoms with Gasteiger partial charge in [-0.3, -0.25) is 0 Å². The maximum atomic E-state index is 6.07. The highest BCUT2D eigenvalue weighted by Gasteiger charge is 2.16. The summed E-state index contributed by atoms with van der Waals surface area (Å²) in [6.45, 7) is 6.07. The van der Waals surface area contributed by atoms with E-state index >= 15 is 0 Å². The molecule has 21 heavy (non-hydrogen) atoms. The van der Waals surface area contributed by atoms with E-state index in [0.717, 1.165) is 47.4 Å². The number of rotatable bonds is 1. The van der Waals surface area contributed by atoms with Crippen molar-refractivity contribution >= 4 is 16.8 Å². The summed E-state index contributed by atoms with van der Waals surface area (Å²) in [6, 6.07) is 8.33. The smallest absolute Gasteiger partial charge is 0.205 e. The zero-order chi connectivity index (χ0) is 14.4. The van der Waals surface area contributed by atoms with Crippen molar-refractivity contribution in [3.63, 3.8) is 0 Å². The van der Waals surface area contributed by atoms with E-state index in [1.165, 1.54) is 16.8 Å². The molecule has 0 spiro atoms. The Kier molecular flexibility index (Phi) is 2.70. The van der Waals surface area contributed by atoms with Gasteiger partial charge in [0, 0.05) is 23.9 Å². The summed E-state index contributed by atoms with van der Waals surface area (Å²) in [5, 5.41) is 4.49. The molecule has 0 aromatic heterocycles. The lowest BCUT2D eigenvalue weighted by atomic mass is 10.1. The second-order valence-electron chi connectivity index (χ2n) is 5.53. The summed E-state index contributed by atoms with van der Waals surface area (Å²) < 4.78 is 6.07. The van der Waals surface area contributed by atoms with E-state index in [1.807, 2.05) is 6.07 Å². The first-order valence-electron chi connectivity index (χ1n) is 7.43. The molecule has 0 bridgehead atoms. The Bertz CT molecular complexity index is 879. The molecular formula is C17H18N3O+. The molecule has 4 rings (SSSR count). The van der Waals surface area contributed by atoms with Crippen LogP contribution in [0.15, 0.2) is 28.7 Å². The lowest BCUT2D eigenvalue weighted by molar-refractivity contribution is -0.496. The van der Waals surface area contributed by atoms with Crippen molar-refractivity contribution in [1.29, 1.82) is 0 Å². The number of aromatic nitrogens is 1. The monoisotopic (exact) mass is 280 g/mol. The molecule has 4 heteroatoms. The predicted octanol–water partition coefficient (Wildman–Crippen LogP) is 1.21. The normalized spacial score (nSPS) is 14.7. The SMILES string of the molecule is CC[NH+]=c1cc2oc3cc4c(cc3nc-2cc1C)CCN4. The molecule has 2 aliphatic heterocycles. The van der Waals surface area contributed by atoms with Gasteiger partial charge in [-0.05, 0) is 38.0 Å². The highest BCUT2D eigenvalue weighted by atomic mass is 16.3. The molecule has 1 aromatic carbocycles. The number of anilines is 1. The van der Waals surface area contributed by atoms with Gasteiger partial charge in [0.2, 0.25) is 5.36 Å².